The smallest absolute Gasteiger partial charge is 0.212 e. The Kier molecular flexibility index (Phi) is 4.77. The molecule has 0 fully saturated rings. The SMILES string of the molecule is CC(C)NS(=O)(=O)Cc1cccc(CCl)c1. The number of rotatable bonds is 5. The molecule has 0 spiro atoms. The standard InChI is InChI=1S/C11H16ClNO2S/c1-9(2)13-16(14,15)8-11-5-3-4-10(6-11)7-12/h3-6,9,13H,7-8H2,1-2H3. The minimum Gasteiger partial charge on any atom is -0.212 e. The summed E-state index contributed by atoms with van der Waals surface area (Å²) in [6.45, 7) is 3.60. The third-order valence-corrected chi connectivity index (χ3v) is 3.77. The van der Waals surface area contributed by atoms with Crippen LogP contribution in [0.15, 0.2) is 24.3 Å². The van der Waals surface area contributed by atoms with Gasteiger partial charge in [0.05, 0.1) is 5.75 Å². The van der Waals surface area contributed by atoms with Gasteiger partial charge in [0.1, 0.15) is 0 Å². The third-order valence-electron chi connectivity index (χ3n) is 1.92. The van der Waals surface area contributed by atoms with Gasteiger partial charge in [-0.1, -0.05) is 24.3 Å². The summed E-state index contributed by atoms with van der Waals surface area (Å²) in [5, 5.41) is 0. The van der Waals surface area contributed by atoms with Gasteiger partial charge in [-0.25, -0.2) is 13.1 Å². The first kappa shape index (κ1) is 13.5. The van der Waals surface area contributed by atoms with Gasteiger partial charge in [0.25, 0.3) is 0 Å². The summed E-state index contributed by atoms with van der Waals surface area (Å²) < 4.78 is 25.9. The molecule has 1 aromatic rings. The molecule has 3 nitrogen and oxygen atoms in total. The first-order chi connectivity index (χ1) is 7.43. The molecule has 0 atom stereocenters. The monoisotopic (exact) mass is 261 g/mol. The number of halogens is 1. The molecule has 1 aromatic carbocycles. The highest BCUT2D eigenvalue weighted by atomic mass is 35.5. The van der Waals surface area contributed by atoms with E-state index in [-0.39, 0.29) is 11.8 Å². The molecule has 1 rings (SSSR count). The van der Waals surface area contributed by atoms with E-state index in [2.05, 4.69) is 4.72 Å². The number of nitrogens with one attached hydrogen (secondary N) is 1. The molecule has 0 unspecified atom stereocenters. The molecular weight excluding hydrogens is 246 g/mol. The van der Waals surface area contributed by atoms with E-state index in [0.29, 0.717) is 5.88 Å². The average molecular weight is 262 g/mol. The zero-order chi connectivity index (χ0) is 12.2. The summed E-state index contributed by atoms with van der Waals surface area (Å²) in [6.07, 6.45) is 0. The molecule has 1 N–H and O–H groups in total. The number of sulfonamides is 1. The predicted octanol–water partition coefficient (Wildman–Crippen LogP) is 2.25. The number of alkyl halides is 1. The van der Waals surface area contributed by atoms with E-state index >= 15 is 0 Å². The summed E-state index contributed by atoms with van der Waals surface area (Å²) in [6, 6.07) is 7.21. The van der Waals surface area contributed by atoms with Gasteiger partial charge < -0.3 is 0 Å². The van der Waals surface area contributed by atoms with Gasteiger partial charge in [0.15, 0.2) is 0 Å². The summed E-state index contributed by atoms with van der Waals surface area (Å²) in [4.78, 5) is 0. The molecular formula is C11H16ClNO2S. The Bertz CT molecular complexity index is 443. The van der Waals surface area contributed by atoms with Crippen LogP contribution in [0.4, 0.5) is 0 Å². The number of benzene rings is 1. The molecule has 0 saturated heterocycles. The van der Waals surface area contributed by atoms with Crippen molar-refractivity contribution >= 4 is 21.6 Å². The first-order valence-corrected chi connectivity index (χ1v) is 7.25. The van der Waals surface area contributed by atoms with Crippen LogP contribution in [0.1, 0.15) is 25.0 Å². The molecule has 0 amide bonds. The molecule has 0 aliphatic carbocycles. The third kappa shape index (κ3) is 4.51. The minimum absolute atomic E-state index is 0.00406. The van der Waals surface area contributed by atoms with Gasteiger partial charge in [0, 0.05) is 11.9 Å². The lowest BCUT2D eigenvalue weighted by atomic mass is 10.2. The van der Waals surface area contributed by atoms with Gasteiger partial charge in [-0.05, 0) is 25.0 Å². The van der Waals surface area contributed by atoms with Crippen LogP contribution in [0.3, 0.4) is 0 Å². The van der Waals surface area contributed by atoms with Crippen molar-refractivity contribution in [2.45, 2.75) is 31.5 Å². The highest BCUT2D eigenvalue weighted by Gasteiger charge is 2.12. The van der Waals surface area contributed by atoms with Crippen LogP contribution >= 0.6 is 11.6 Å². The van der Waals surface area contributed by atoms with Crippen LogP contribution in [-0.4, -0.2) is 14.5 Å². The summed E-state index contributed by atoms with van der Waals surface area (Å²) in [5.74, 6) is 0.390. The Labute approximate surface area is 102 Å². The second kappa shape index (κ2) is 5.66. The van der Waals surface area contributed by atoms with Crippen molar-refractivity contribution in [2.75, 3.05) is 0 Å². The van der Waals surface area contributed by atoms with Gasteiger partial charge in [-0.2, -0.15) is 0 Å². The van der Waals surface area contributed by atoms with Gasteiger partial charge in [-0.3, -0.25) is 0 Å². The maximum Gasteiger partial charge on any atom is 0.216 e. The van der Waals surface area contributed by atoms with E-state index in [0.717, 1.165) is 11.1 Å². The summed E-state index contributed by atoms with van der Waals surface area (Å²) in [5.41, 5.74) is 1.69. The van der Waals surface area contributed by atoms with E-state index in [1.165, 1.54) is 0 Å². The largest absolute Gasteiger partial charge is 0.216 e. The zero-order valence-corrected chi connectivity index (χ0v) is 11.0. The second-order valence-electron chi connectivity index (χ2n) is 3.99. The van der Waals surface area contributed by atoms with Crippen molar-refractivity contribution in [3.05, 3.63) is 35.4 Å². The molecule has 0 bridgehead atoms. The van der Waals surface area contributed by atoms with E-state index < -0.39 is 10.0 Å². The number of hydrogen-bond donors (Lipinski definition) is 1. The molecule has 0 radical (unpaired) electrons. The Morgan fingerprint density at radius 3 is 2.50 bits per heavy atom. The molecule has 0 aromatic heterocycles. The maximum atomic E-state index is 11.7. The molecule has 16 heavy (non-hydrogen) atoms. The van der Waals surface area contributed by atoms with Gasteiger partial charge in [0.2, 0.25) is 10.0 Å². The van der Waals surface area contributed by atoms with E-state index in [1.54, 1.807) is 19.9 Å². The molecule has 90 valence electrons. The van der Waals surface area contributed by atoms with E-state index in [9.17, 15) is 8.42 Å². The Morgan fingerprint density at radius 1 is 1.31 bits per heavy atom. The van der Waals surface area contributed by atoms with Gasteiger partial charge in [-0.15, -0.1) is 11.6 Å². The van der Waals surface area contributed by atoms with Crippen molar-refractivity contribution in [2.24, 2.45) is 0 Å². The van der Waals surface area contributed by atoms with Crippen molar-refractivity contribution < 1.29 is 8.42 Å². The predicted molar refractivity (Wildman–Crippen MR) is 66.9 cm³/mol. The average Bonchev–Trinajstić information content (AvgIpc) is 2.15. The van der Waals surface area contributed by atoms with Crippen LogP contribution < -0.4 is 4.72 Å². The molecule has 0 saturated carbocycles. The minimum atomic E-state index is -3.25. The molecule has 0 aliphatic rings. The summed E-state index contributed by atoms with van der Waals surface area (Å²) >= 11 is 5.69. The fraction of sp³-hybridized carbons (Fsp3) is 0.455. The second-order valence-corrected chi connectivity index (χ2v) is 6.01. The fourth-order valence-corrected chi connectivity index (χ4v) is 3.01. The Morgan fingerprint density at radius 2 is 1.94 bits per heavy atom. The van der Waals surface area contributed by atoms with Crippen LogP contribution in [0.5, 0.6) is 0 Å². The Balaban J connectivity index is 2.80. The Hall–Kier alpha value is -0.580. The van der Waals surface area contributed by atoms with E-state index in [1.807, 2.05) is 18.2 Å². The first-order valence-electron chi connectivity index (χ1n) is 5.07. The molecule has 5 heteroatoms. The van der Waals surface area contributed by atoms with Crippen molar-refractivity contribution in [1.82, 2.24) is 4.72 Å². The highest BCUT2D eigenvalue weighted by Crippen LogP contribution is 2.10. The fourth-order valence-electron chi connectivity index (χ4n) is 1.42. The van der Waals surface area contributed by atoms with Crippen LogP contribution in [0, 0.1) is 0 Å². The van der Waals surface area contributed by atoms with Crippen molar-refractivity contribution in [1.29, 1.82) is 0 Å². The van der Waals surface area contributed by atoms with Crippen LogP contribution in [0.2, 0.25) is 0 Å². The normalized spacial score (nSPS) is 12.0. The lowest BCUT2D eigenvalue weighted by Crippen LogP contribution is -2.31. The molecule has 0 aliphatic heterocycles. The van der Waals surface area contributed by atoms with Crippen molar-refractivity contribution in [3.8, 4) is 0 Å². The van der Waals surface area contributed by atoms with Crippen LogP contribution in [0.25, 0.3) is 0 Å². The lowest BCUT2D eigenvalue weighted by Gasteiger charge is -2.09. The topological polar surface area (TPSA) is 46.2 Å². The summed E-state index contributed by atoms with van der Waals surface area (Å²) in [7, 11) is -3.25. The van der Waals surface area contributed by atoms with Crippen molar-refractivity contribution in [3.63, 3.8) is 0 Å². The lowest BCUT2D eigenvalue weighted by molar-refractivity contribution is 0.569. The molecule has 0 heterocycles. The number of hydrogen-bond acceptors (Lipinski definition) is 2. The van der Waals surface area contributed by atoms with Gasteiger partial charge >= 0.3 is 0 Å². The quantitative estimate of drug-likeness (QED) is 0.827. The van der Waals surface area contributed by atoms with E-state index in [4.69, 9.17) is 11.6 Å². The highest BCUT2D eigenvalue weighted by molar-refractivity contribution is 7.88. The van der Waals surface area contributed by atoms with Crippen LogP contribution in [-0.2, 0) is 21.7 Å². The maximum absolute atomic E-state index is 11.7. The zero-order valence-electron chi connectivity index (χ0n) is 9.40.